The fourth-order valence-electron chi connectivity index (χ4n) is 4.22. The lowest BCUT2D eigenvalue weighted by Crippen LogP contribution is -2.32. The van der Waals surface area contributed by atoms with Gasteiger partial charge < -0.3 is 14.8 Å². The SMILES string of the molecule is CC1=C(C(=O)OC2CCCCC2)C(c2ccc(OCCC(C)C)cc2)n2ncnc2N1. The summed E-state index contributed by atoms with van der Waals surface area (Å²) in [6.07, 6.45) is 7.83. The van der Waals surface area contributed by atoms with Gasteiger partial charge in [0.15, 0.2) is 0 Å². The first-order valence-corrected chi connectivity index (χ1v) is 11.3. The molecule has 1 N–H and O–H groups in total. The lowest BCUT2D eigenvalue weighted by atomic mass is 9.95. The van der Waals surface area contributed by atoms with Crippen LogP contribution in [0.4, 0.5) is 5.95 Å². The summed E-state index contributed by atoms with van der Waals surface area (Å²) >= 11 is 0. The van der Waals surface area contributed by atoms with Gasteiger partial charge in [0.1, 0.15) is 24.2 Å². The molecule has 1 saturated carbocycles. The monoisotopic (exact) mass is 424 g/mol. The smallest absolute Gasteiger partial charge is 0.338 e. The average molecular weight is 425 g/mol. The third-order valence-corrected chi connectivity index (χ3v) is 6.00. The molecule has 2 aliphatic rings. The second-order valence-corrected chi connectivity index (χ2v) is 8.86. The van der Waals surface area contributed by atoms with Gasteiger partial charge in [-0.2, -0.15) is 10.1 Å². The Morgan fingerprint density at radius 3 is 2.65 bits per heavy atom. The van der Waals surface area contributed by atoms with Gasteiger partial charge in [-0.3, -0.25) is 0 Å². The summed E-state index contributed by atoms with van der Waals surface area (Å²) in [6, 6.07) is 7.50. The average Bonchev–Trinajstić information content (AvgIpc) is 3.22. The molecule has 2 heterocycles. The number of carbonyl (C=O) groups is 1. The lowest BCUT2D eigenvalue weighted by Gasteiger charge is -2.30. The highest BCUT2D eigenvalue weighted by molar-refractivity contribution is 5.92. The van der Waals surface area contributed by atoms with Crippen molar-refractivity contribution in [2.75, 3.05) is 11.9 Å². The van der Waals surface area contributed by atoms with Gasteiger partial charge in [0.2, 0.25) is 5.95 Å². The number of ether oxygens (including phenoxy) is 2. The maximum Gasteiger partial charge on any atom is 0.338 e. The normalized spacial score (nSPS) is 19.2. The maximum atomic E-state index is 13.3. The molecule has 0 saturated heterocycles. The summed E-state index contributed by atoms with van der Waals surface area (Å²) in [6.45, 7) is 6.95. The van der Waals surface area contributed by atoms with Crippen LogP contribution in [0.3, 0.4) is 0 Å². The fraction of sp³-hybridized carbons (Fsp3) is 0.542. The van der Waals surface area contributed by atoms with Crippen molar-refractivity contribution in [3.63, 3.8) is 0 Å². The van der Waals surface area contributed by atoms with Crippen molar-refractivity contribution in [2.24, 2.45) is 5.92 Å². The molecule has 1 aromatic carbocycles. The second kappa shape index (κ2) is 9.54. The first-order chi connectivity index (χ1) is 15.0. The molecule has 0 radical (unpaired) electrons. The van der Waals surface area contributed by atoms with E-state index in [1.165, 1.54) is 12.7 Å². The predicted octanol–water partition coefficient (Wildman–Crippen LogP) is 4.87. The van der Waals surface area contributed by atoms with Crippen LogP contribution >= 0.6 is 0 Å². The van der Waals surface area contributed by atoms with Crippen LogP contribution in [0, 0.1) is 5.92 Å². The first kappa shape index (κ1) is 21.4. The third kappa shape index (κ3) is 4.92. The van der Waals surface area contributed by atoms with E-state index >= 15 is 0 Å². The molecule has 1 atom stereocenters. The minimum Gasteiger partial charge on any atom is -0.494 e. The van der Waals surface area contributed by atoms with Crippen molar-refractivity contribution in [1.29, 1.82) is 0 Å². The zero-order valence-corrected chi connectivity index (χ0v) is 18.6. The minimum absolute atomic E-state index is 0.00363. The van der Waals surface area contributed by atoms with E-state index in [2.05, 4.69) is 29.2 Å². The zero-order chi connectivity index (χ0) is 21.8. The van der Waals surface area contributed by atoms with Crippen LogP contribution in [-0.4, -0.2) is 33.4 Å². The number of benzene rings is 1. The molecule has 166 valence electrons. The van der Waals surface area contributed by atoms with Crippen molar-refractivity contribution in [3.8, 4) is 5.75 Å². The number of allylic oxidation sites excluding steroid dienone is 1. The molecule has 31 heavy (non-hydrogen) atoms. The lowest BCUT2D eigenvalue weighted by molar-refractivity contribution is -0.146. The number of nitrogens with one attached hydrogen (secondary N) is 1. The topological polar surface area (TPSA) is 78.3 Å². The number of hydrogen-bond acceptors (Lipinski definition) is 6. The quantitative estimate of drug-likeness (QED) is 0.639. The number of anilines is 1. The van der Waals surface area contributed by atoms with Crippen molar-refractivity contribution in [2.45, 2.75) is 71.4 Å². The number of fused-ring (bicyclic) bond motifs is 1. The predicted molar refractivity (Wildman–Crippen MR) is 119 cm³/mol. The summed E-state index contributed by atoms with van der Waals surface area (Å²) in [5.41, 5.74) is 2.28. The summed E-state index contributed by atoms with van der Waals surface area (Å²) in [7, 11) is 0. The first-order valence-electron chi connectivity index (χ1n) is 11.3. The Hall–Kier alpha value is -2.83. The molecular formula is C24H32N4O3. The Bertz CT molecular complexity index is 927. The molecule has 7 nitrogen and oxygen atoms in total. The van der Waals surface area contributed by atoms with Crippen LogP contribution in [0.1, 0.15) is 70.9 Å². The molecule has 1 aromatic heterocycles. The van der Waals surface area contributed by atoms with E-state index in [4.69, 9.17) is 9.47 Å². The number of hydrogen-bond donors (Lipinski definition) is 1. The van der Waals surface area contributed by atoms with Gasteiger partial charge in [0.05, 0.1) is 12.2 Å². The highest BCUT2D eigenvalue weighted by Gasteiger charge is 2.35. The highest BCUT2D eigenvalue weighted by Crippen LogP contribution is 2.36. The van der Waals surface area contributed by atoms with Crippen LogP contribution in [0.5, 0.6) is 5.75 Å². The maximum absolute atomic E-state index is 13.3. The van der Waals surface area contributed by atoms with Crippen molar-refractivity contribution >= 4 is 11.9 Å². The molecule has 2 aromatic rings. The van der Waals surface area contributed by atoms with Gasteiger partial charge in [-0.15, -0.1) is 0 Å². The van der Waals surface area contributed by atoms with Crippen molar-refractivity contribution < 1.29 is 14.3 Å². The Labute approximate surface area is 183 Å². The van der Waals surface area contributed by atoms with Gasteiger partial charge >= 0.3 is 5.97 Å². The Morgan fingerprint density at radius 1 is 1.19 bits per heavy atom. The Morgan fingerprint density at radius 2 is 1.94 bits per heavy atom. The van der Waals surface area contributed by atoms with Crippen molar-refractivity contribution in [1.82, 2.24) is 14.8 Å². The van der Waals surface area contributed by atoms with Crippen LogP contribution in [0.15, 0.2) is 41.9 Å². The van der Waals surface area contributed by atoms with Crippen LogP contribution in [0.25, 0.3) is 0 Å². The van der Waals surface area contributed by atoms with E-state index in [9.17, 15) is 4.79 Å². The summed E-state index contributed by atoms with van der Waals surface area (Å²) in [5.74, 6) is 1.77. The Kier molecular flexibility index (Phi) is 6.59. The van der Waals surface area contributed by atoms with Crippen LogP contribution in [-0.2, 0) is 9.53 Å². The molecule has 4 rings (SSSR count). The Balaban J connectivity index is 1.57. The molecule has 0 spiro atoms. The number of aromatic nitrogens is 3. The number of rotatable bonds is 7. The van der Waals surface area contributed by atoms with Gasteiger partial charge in [0, 0.05) is 5.70 Å². The van der Waals surface area contributed by atoms with E-state index in [-0.39, 0.29) is 18.1 Å². The van der Waals surface area contributed by atoms with Crippen LogP contribution in [0.2, 0.25) is 0 Å². The van der Waals surface area contributed by atoms with E-state index < -0.39 is 0 Å². The zero-order valence-electron chi connectivity index (χ0n) is 18.6. The van der Waals surface area contributed by atoms with Crippen LogP contribution < -0.4 is 10.1 Å². The molecular weight excluding hydrogens is 392 g/mol. The third-order valence-electron chi connectivity index (χ3n) is 6.00. The summed E-state index contributed by atoms with van der Waals surface area (Å²) in [5, 5.41) is 7.59. The van der Waals surface area contributed by atoms with E-state index in [1.54, 1.807) is 4.68 Å². The fourth-order valence-corrected chi connectivity index (χ4v) is 4.22. The minimum atomic E-state index is -0.389. The highest BCUT2D eigenvalue weighted by atomic mass is 16.5. The van der Waals surface area contributed by atoms with Gasteiger partial charge in [-0.05, 0) is 62.6 Å². The second-order valence-electron chi connectivity index (χ2n) is 8.86. The molecule has 7 heteroatoms. The summed E-state index contributed by atoms with van der Waals surface area (Å²) < 4.78 is 13.5. The van der Waals surface area contributed by atoms with E-state index in [0.29, 0.717) is 24.0 Å². The molecule has 1 aliphatic carbocycles. The summed E-state index contributed by atoms with van der Waals surface area (Å²) in [4.78, 5) is 17.6. The van der Waals surface area contributed by atoms with E-state index in [1.807, 2.05) is 31.2 Å². The number of esters is 1. The number of carbonyl (C=O) groups excluding carboxylic acids is 1. The molecule has 1 aliphatic heterocycles. The largest absolute Gasteiger partial charge is 0.494 e. The van der Waals surface area contributed by atoms with Gasteiger partial charge in [-0.1, -0.05) is 32.4 Å². The standard InChI is InChI=1S/C24H32N4O3/c1-16(2)13-14-30-19-11-9-18(10-12-19)22-21(17(3)27-24-25-15-26-28(22)24)23(29)31-20-7-5-4-6-8-20/h9-12,15-16,20,22H,4-8,13-14H2,1-3H3,(H,25,26,27). The van der Waals surface area contributed by atoms with Crippen molar-refractivity contribution in [3.05, 3.63) is 47.4 Å². The molecule has 0 bridgehead atoms. The molecule has 1 fully saturated rings. The van der Waals surface area contributed by atoms with Gasteiger partial charge in [0.25, 0.3) is 0 Å². The molecule has 1 unspecified atom stereocenters. The number of nitrogens with zero attached hydrogens (tertiary/aromatic N) is 3. The molecule has 0 amide bonds. The van der Waals surface area contributed by atoms with Gasteiger partial charge in [-0.25, -0.2) is 9.48 Å². The van der Waals surface area contributed by atoms with E-state index in [0.717, 1.165) is 49.1 Å².